The summed E-state index contributed by atoms with van der Waals surface area (Å²) in [6.45, 7) is 0. The fourth-order valence-electron chi connectivity index (χ4n) is 5.08. The minimum Gasteiger partial charge on any atom is -0.354 e. The van der Waals surface area contributed by atoms with E-state index in [0.717, 1.165) is 11.4 Å². The molecule has 170 valence electrons. The Kier molecular flexibility index (Phi) is 5.04. The zero-order chi connectivity index (χ0) is 23.9. The highest BCUT2D eigenvalue weighted by molar-refractivity contribution is 7.26. The first-order valence-electron chi connectivity index (χ1n) is 12.2. The van der Waals surface area contributed by atoms with Crippen molar-refractivity contribution >= 4 is 53.7 Å². The second-order valence-electron chi connectivity index (χ2n) is 9.10. The van der Waals surface area contributed by atoms with Gasteiger partial charge in [0.15, 0.2) is 0 Å². The normalized spacial score (nSPS) is 11.3. The molecule has 1 N–H and O–H groups in total. The summed E-state index contributed by atoms with van der Waals surface area (Å²) in [5.41, 5.74) is 7.13. The highest BCUT2D eigenvalue weighted by Crippen LogP contribution is 2.43. The Labute approximate surface area is 214 Å². The summed E-state index contributed by atoms with van der Waals surface area (Å²) in [4.78, 5) is 0. The molecule has 0 radical (unpaired) electrons. The van der Waals surface area contributed by atoms with E-state index in [9.17, 15) is 0 Å². The van der Waals surface area contributed by atoms with Gasteiger partial charge in [-0.3, -0.25) is 0 Å². The number of hydrogen-bond donors (Lipinski definition) is 1. The quantitative estimate of drug-likeness (QED) is 0.266. The number of hydrogen-bond acceptors (Lipinski definition) is 2. The first-order valence-corrected chi connectivity index (χ1v) is 13.0. The van der Waals surface area contributed by atoms with Crippen LogP contribution in [0.5, 0.6) is 0 Å². The monoisotopic (exact) mass is 477 g/mol. The lowest BCUT2D eigenvalue weighted by Gasteiger charge is -2.12. The van der Waals surface area contributed by atoms with Crippen LogP contribution in [-0.4, -0.2) is 0 Å². The molecule has 0 spiro atoms. The molecule has 0 aliphatic heterocycles. The van der Waals surface area contributed by atoms with Crippen molar-refractivity contribution in [1.29, 1.82) is 0 Å². The molecule has 1 aromatic heterocycles. The van der Waals surface area contributed by atoms with Gasteiger partial charge in [0.25, 0.3) is 0 Å². The van der Waals surface area contributed by atoms with Crippen LogP contribution in [0.2, 0.25) is 0 Å². The fourth-order valence-corrected chi connectivity index (χ4v) is 6.27. The molecule has 0 unspecified atom stereocenters. The summed E-state index contributed by atoms with van der Waals surface area (Å²) in [6, 6.07) is 47.7. The summed E-state index contributed by atoms with van der Waals surface area (Å²) < 4.78 is 2.62. The number of fused-ring (bicyclic) bond motifs is 5. The standard InChI is InChI=1S/C34H23NS/c1-2-9-23(10-3-1)24-17-19-25(20-18-24)26-12-8-13-28(21-26)35-31-22-27-11-4-5-14-29(27)33-30-15-6-7-16-32(30)36-34(31)33/h1-22,35H. The number of rotatable bonds is 4. The van der Waals surface area contributed by atoms with Gasteiger partial charge in [-0.25, -0.2) is 0 Å². The van der Waals surface area contributed by atoms with Crippen molar-refractivity contribution in [1.82, 2.24) is 0 Å². The maximum Gasteiger partial charge on any atom is 0.0596 e. The maximum absolute atomic E-state index is 3.76. The van der Waals surface area contributed by atoms with Crippen molar-refractivity contribution in [2.24, 2.45) is 0 Å². The topological polar surface area (TPSA) is 12.0 Å². The van der Waals surface area contributed by atoms with Gasteiger partial charge in [0.05, 0.1) is 10.4 Å². The summed E-state index contributed by atoms with van der Waals surface area (Å²) in [6.07, 6.45) is 0. The molecule has 0 bridgehead atoms. The summed E-state index contributed by atoms with van der Waals surface area (Å²) in [7, 11) is 0. The first kappa shape index (κ1) is 20.9. The van der Waals surface area contributed by atoms with Crippen LogP contribution in [0.4, 0.5) is 11.4 Å². The lowest BCUT2D eigenvalue weighted by Crippen LogP contribution is -1.92. The molecular formula is C34H23NS. The zero-order valence-corrected chi connectivity index (χ0v) is 20.4. The van der Waals surface area contributed by atoms with E-state index in [1.165, 1.54) is 53.2 Å². The van der Waals surface area contributed by atoms with Crippen molar-refractivity contribution in [3.63, 3.8) is 0 Å². The van der Waals surface area contributed by atoms with Crippen LogP contribution in [-0.2, 0) is 0 Å². The molecule has 0 saturated carbocycles. The maximum atomic E-state index is 3.76. The van der Waals surface area contributed by atoms with E-state index >= 15 is 0 Å². The zero-order valence-electron chi connectivity index (χ0n) is 19.6. The number of benzene rings is 6. The number of nitrogens with one attached hydrogen (secondary N) is 1. The van der Waals surface area contributed by atoms with Gasteiger partial charge < -0.3 is 5.32 Å². The molecule has 36 heavy (non-hydrogen) atoms. The largest absolute Gasteiger partial charge is 0.354 e. The molecule has 0 atom stereocenters. The average molecular weight is 478 g/mol. The third-order valence-corrected chi connectivity index (χ3v) is 8.04. The van der Waals surface area contributed by atoms with Crippen LogP contribution >= 0.6 is 11.3 Å². The van der Waals surface area contributed by atoms with Crippen LogP contribution in [0.3, 0.4) is 0 Å². The molecule has 0 saturated heterocycles. The summed E-state index contributed by atoms with van der Waals surface area (Å²) in [5, 5.41) is 8.98. The average Bonchev–Trinajstić information content (AvgIpc) is 3.34. The summed E-state index contributed by atoms with van der Waals surface area (Å²) >= 11 is 1.86. The molecule has 7 aromatic rings. The van der Waals surface area contributed by atoms with Crippen molar-refractivity contribution in [2.45, 2.75) is 0 Å². The Balaban J connectivity index is 1.29. The van der Waals surface area contributed by atoms with Gasteiger partial charge in [-0.15, -0.1) is 11.3 Å². The second kappa shape index (κ2) is 8.67. The van der Waals surface area contributed by atoms with E-state index in [4.69, 9.17) is 0 Å². The third-order valence-electron chi connectivity index (χ3n) is 6.84. The van der Waals surface area contributed by atoms with Gasteiger partial charge in [-0.1, -0.05) is 109 Å². The smallest absolute Gasteiger partial charge is 0.0596 e. The molecule has 1 heterocycles. The van der Waals surface area contributed by atoms with E-state index in [2.05, 4.69) is 139 Å². The van der Waals surface area contributed by atoms with Gasteiger partial charge in [0, 0.05) is 21.2 Å². The molecule has 7 rings (SSSR count). The Hall–Kier alpha value is -4.40. The van der Waals surface area contributed by atoms with Crippen molar-refractivity contribution < 1.29 is 0 Å². The van der Waals surface area contributed by atoms with Crippen molar-refractivity contribution in [3.8, 4) is 22.3 Å². The van der Waals surface area contributed by atoms with Gasteiger partial charge in [-0.05, 0) is 57.3 Å². The minimum atomic E-state index is 1.09. The van der Waals surface area contributed by atoms with E-state index < -0.39 is 0 Å². The van der Waals surface area contributed by atoms with Crippen LogP contribution in [0.1, 0.15) is 0 Å². The van der Waals surface area contributed by atoms with Crippen LogP contribution in [0, 0.1) is 0 Å². The summed E-state index contributed by atoms with van der Waals surface area (Å²) in [5.74, 6) is 0. The second-order valence-corrected chi connectivity index (χ2v) is 10.1. The predicted octanol–water partition coefficient (Wildman–Crippen LogP) is 10.3. The molecule has 6 aromatic carbocycles. The fraction of sp³-hybridized carbons (Fsp3) is 0. The molecule has 0 aliphatic carbocycles. The molecule has 0 aliphatic rings. The minimum absolute atomic E-state index is 1.09. The van der Waals surface area contributed by atoms with Gasteiger partial charge >= 0.3 is 0 Å². The molecule has 1 nitrogen and oxygen atoms in total. The van der Waals surface area contributed by atoms with Crippen molar-refractivity contribution in [2.75, 3.05) is 5.32 Å². The lowest BCUT2D eigenvalue weighted by molar-refractivity contribution is 1.56. The first-order chi connectivity index (χ1) is 17.8. The van der Waals surface area contributed by atoms with Crippen molar-refractivity contribution in [3.05, 3.63) is 133 Å². The van der Waals surface area contributed by atoms with Crippen LogP contribution in [0.15, 0.2) is 133 Å². The SMILES string of the molecule is c1ccc(-c2ccc(-c3cccc(Nc4cc5ccccc5c5c4sc4ccccc45)c3)cc2)cc1. The van der Waals surface area contributed by atoms with Crippen LogP contribution in [0.25, 0.3) is 53.2 Å². The Morgan fingerprint density at radius 2 is 1.11 bits per heavy atom. The van der Waals surface area contributed by atoms with Crippen LogP contribution < -0.4 is 5.32 Å². The Morgan fingerprint density at radius 1 is 0.472 bits per heavy atom. The number of anilines is 2. The lowest BCUT2D eigenvalue weighted by atomic mass is 10.00. The molecule has 2 heteroatoms. The van der Waals surface area contributed by atoms with E-state index in [1.54, 1.807) is 0 Å². The molecule has 0 amide bonds. The van der Waals surface area contributed by atoms with Gasteiger partial charge in [-0.2, -0.15) is 0 Å². The highest BCUT2D eigenvalue weighted by atomic mass is 32.1. The Bertz CT molecular complexity index is 1850. The van der Waals surface area contributed by atoms with Gasteiger partial charge in [0.2, 0.25) is 0 Å². The third kappa shape index (κ3) is 3.64. The number of thiophene rings is 1. The van der Waals surface area contributed by atoms with E-state index in [0.29, 0.717) is 0 Å². The molecule has 0 fully saturated rings. The highest BCUT2D eigenvalue weighted by Gasteiger charge is 2.13. The van der Waals surface area contributed by atoms with Gasteiger partial charge in [0.1, 0.15) is 0 Å². The Morgan fingerprint density at radius 3 is 1.94 bits per heavy atom. The van der Waals surface area contributed by atoms with E-state index in [-0.39, 0.29) is 0 Å². The van der Waals surface area contributed by atoms with E-state index in [1.807, 2.05) is 11.3 Å². The molecular weight excluding hydrogens is 454 g/mol. The predicted molar refractivity (Wildman–Crippen MR) is 157 cm³/mol.